The van der Waals surface area contributed by atoms with Crippen molar-refractivity contribution in [3.63, 3.8) is 0 Å². The molecule has 0 atom stereocenters. The molecule has 5 nitrogen and oxygen atoms in total. The molecule has 0 aliphatic carbocycles. The summed E-state index contributed by atoms with van der Waals surface area (Å²) >= 11 is 0. The third-order valence-electron chi connectivity index (χ3n) is 12.7. The first-order valence-corrected chi connectivity index (χ1v) is 22.0. The maximum atomic E-state index is 6.34. The van der Waals surface area contributed by atoms with Gasteiger partial charge in [0, 0.05) is 72.1 Å². The fourth-order valence-corrected chi connectivity index (χ4v) is 9.78. The highest BCUT2D eigenvalue weighted by molar-refractivity contribution is 6.11. The molecule has 5 heteroatoms. The van der Waals surface area contributed by atoms with Crippen molar-refractivity contribution in [3.05, 3.63) is 237 Å². The molecule has 0 fully saturated rings. The number of benzene rings is 10. The molecule has 3 aromatic heterocycles. The summed E-state index contributed by atoms with van der Waals surface area (Å²) < 4.78 is 15.0. The van der Waals surface area contributed by atoms with Crippen LogP contribution in [-0.4, -0.2) is 4.57 Å². The number of para-hydroxylation sites is 6. The van der Waals surface area contributed by atoms with Gasteiger partial charge in [-0.25, -0.2) is 0 Å². The minimum absolute atomic E-state index is 0.859. The Morgan fingerprint density at radius 3 is 1.29 bits per heavy atom. The van der Waals surface area contributed by atoms with Crippen molar-refractivity contribution < 1.29 is 8.83 Å². The summed E-state index contributed by atoms with van der Waals surface area (Å²) in [5, 5.41) is 6.73. The van der Waals surface area contributed by atoms with Crippen LogP contribution >= 0.6 is 0 Å². The van der Waals surface area contributed by atoms with Crippen molar-refractivity contribution in [1.82, 2.24) is 4.57 Å². The molecule has 13 rings (SSSR count). The van der Waals surface area contributed by atoms with Gasteiger partial charge in [-0.3, -0.25) is 0 Å². The van der Waals surface area contributed by atoms with E-state index in [0.717, 1.165) is 100 Å². The largest absolute Gasteiger partial charge is 0.456 e. The first-order valence-electron chi connectivity index (χ1n) is 22.0. The summed E-state index contributed by atoms with van der Waals surface area (Å²) in [5.74, 6) is 0. The molecule has 0 aliphatic rings. The second-order valence-corrected chi connectivity index (χ2v) is 16.6. The topological polar surface area (TPSA) is 37.7 Å². The molecule has 0 aliphatic heterocycles. The molecule has 13 aromatic rings. The van der Waals surface area contributed by atoms with E-state index in [2.05, 4.69) is 227 Å². The van der Waals surface area contributed by atoms with E-state index >= 15 is 0 Å². The highest BCUT2D eigenvalue weighted by Crippen LogP contribution is 2.46. The zero-order chi connectivity index (χ0) is 42.8. The van der Waals surface area contributed by atoms with Gasteiger partial charge in [-0.1, -0.05) is 115 Å². The quantitative estimate of drug-likeness (QED) is 0.153. The average molecular weight is 834 g/mol. The van der Waals surface area contributed by atoms with Gasteiger partial charge >= 0.3 is 0 Å². The molecule has 10 aromatic carbocycles. The van der Waals surface area contributed by atoms with Gasteiger partial charge in [-0.2, -0.15) is 0 Å². The SMILES string of the molecule is c1ccc(N(c2cc(-c3ccc4c(c3)c3ccccc3n4-c3ccccc3)cc(N(c3ccccc3)c3ccc4oc5ccccc5c4c3)c2)c2ccc3oc4ccccc4c3c2)cc1. The van der Waals surface area contributed by atoms with Crippen molar-refractivity contribution in [2.45, 2.75) is 0 Å². The van der Waals surface area contributed by atoms with Crippen molar-refractivity contribution in [1.29, 1.82) is 0 Å². The lowest BCUT2D eigenvalue weighted by Gasteiger charge is -2.30. The summed E-state index contributed by atoms with van der Waals surface area (Å²) in [5.41, 5.74) is 15.3. The highest BCUT2D eigenvalue weighted by atomic mass is 16.3. The van der Waals surface area contributed by atoms with E-state index in [1.807, 2.05) is 24.3 Å². The Morgan fingerprint density at radius 1 is 0.262 bits per heavy atom. The van der Waals surface area contributed by atoms with Gasteiger partial charge in [0.15, 0.2) is 0 Å². The van der Waals surface area contributed by atoms with Gasteiger partial charge in [-0.15, -0.1) is 0 Å². The van der Waals surface area contributed by atoms with Crippen LogP contribution in [0.4, 0.5) is 34.1 Å². The van der Waals surface area contributed by atoms with Crippen molar-refractivity contribution in [2.24, 2.45) is 0 Å². The van der Waals surface area contributed by atoms with Crippen LogP contribution in [0.1, 0.15) is 0 Å². The third kappa shape index (κ3) is 6.16. The van der Waals surface area contributed by atoms with E-state index in [-0.39, 0.29) is 0 Å². The first kappa shape index (κ1) is 36.8. The zero-order valence-electron chi connectivity index (χ0n) is 35.2. The minimum Gasteiger partial charge on any atom is -0.456 e. The predicted molar refractivity (Wildman–Crippen MR) is 270 cm³/mol. The van der Waals surface area contributed by atoms with Crippen LogP contribution in [0.2, 0.25) is 0 Å². The molecule has 0 saturated heterocycles. The lowest BCUT2D eigenvalue weighted by atomic mass is 9.99. The lowest BCUT2D eigenvalue weighted by molar-refractivity contribution is 0.668. The Morgan fingerprint density at radius 2 is 0.723 bits per heavy atom. The Balaban J connectivity index is 1.08. The van der Waals surface area contributed by atoms with Crippen molar-refractivity contribution in [2.75, 3.05) is 9.80 Å². The Bertz CT molecular complexity index is 3730. The molecule has 0 bridgehead atoms. The lowest BCUT2D eigenvalue weighted by Crippen LogP contribution is -2.13. The van der Waals surface area contributed by atoms with Crippen LogP contribution in [0.25, 0.3) is 82.5 Å². The number of nitrogens with zero attached hydrogens (tertiary/aromatic N) is 3. The summed E-state index contributed by atoms with van der Waals surface area (Å²) in [6.45, 7) is 0. The minimum atomic E-state index is 0.859. The number of hydrogen-bond acceptors (Lipinski definition) is 4. The number of rotatable bonds is 8. The van der Waals surface area contributed by atoms with Gasteiger partial charge in [0.25, 0.3) is 0 Å². The number of furan rings is 2. The van der Waals surface area contributed by atoms with E-state index in [1.54, 1.807) is 0 Å². The average Bonchev–Trinajstić information content (AvgIpc) is 4.04. The molecule has 3 heterocycles. The van der Waals surface area contributed by atoms with Crippen LogP contribution in [0, 0.1) is 0 Å². The predicted octanol–water partition coefficient (Wildman–Crippen LogP) is 17.2. The Kier molecular flexibility index (Phi) is 8.46. The normalized spacial score (nSPS) is 11.7. The number of anilines is 6. The molecule has 0 radical (unpaired) electrons. The van der Waals surface area contributed by atoms with Gasteiger partial charge in [0.1, 0.15) is 22.3 Å². The Hall–Kier alpha value is -8.80. The van der Waals surface area contributed by atoms with Gasteiger partial charge in [0.05, 0.1) is 11.0 Å². The fraction of sp³-hybridized carbons (Fsp3) is 0. The maximum Gasteiger partial charge on any atom is 0.135 e. The molecule has 0 spiro atoms. The molecule has 65 heavy (non-hydrogen) atoms. The van der Waals surface area contributed by atoms with Crippen LogP contribution in [0.3, 0.4) is 0 Å². The summed E-state index contributed by atoms with van der Waals surface area (Å²) in [7, 11) is 0. The van der Waals surface area contributed by atoms with Gasteiger partial charge in [-0.05, 0) is 132 Å². The van der Waals surface area contributed by atoms with E-state index in [9.17, 15) is 0 Å². The van der Waals surface area contributed by atoms with Crippen LogP contribution in [0.5, 0.6) is 0 Å². The smallest absolute Gasteiger partial charge is 0.135 e. The number of aromatic nitrogens is 1. The molecular formula is C60H39N3O2. The fourth-order valence-electron chi connectivity index (χ4n) is 9.78. The monoisotopic (exact) mass is 833 g/mol. The van der Waals surface area contributed by atoms with Crippen LogP contribution < -0.4 is 9.80 Å². The standard InChI is InChI=1S/C60H39N3O2/c1-4-16-42(17-5-1)61(45-29-32-59-53(38-45)50-23-11-14-26-57(50)64-59)47-34-41(40-28-31-56-52(36-40)49-22-10-13-25-55(49)63(56)44-20-8-3-9-21-44)35-48(37-47)62(43-18-6-2-7-19-43)46-30-33-60-54(39-46)51-24-12-15-27-58(51)65-60/h1-39H. The highest BCUT2D eigenvalue weighted by Gasteiger charge is 2.22. The van der Waals surface area contributed by atoms with E-state index < -0.39 is 0 Å². The first-order chi connectivity index (χ1) is 32.2. The zero-order valence-corrected chi connectivity index (χ0v) is 35.2. The van der Waals surface area contributed by atoms with Gasteiger partial charge < -0.3 is 23.2 Å². The number of hydrogen-bond donors (Lipinski definition) is 0. The van der Waals surface area contributed by atoms with Crippen molar-refractivity contribution in [3.8, 4) is 16.8 Å². The molecule has 0 N–H and O–H groups in total. The number of fused-ring (bicyclic) bond motifs is 9. The van der Waals surface area contributed by atoms with Crippen LogP contribution in [-0.2, 0) is 0 Å². The Labute approximate surface area is 374 Å². The maximum absolute atomic E-state index is 6.34. The second kappa shape index (κ2) is 14.9. The van der Waals surface area contributed by atoms with E-state index in [1.165, 1.54) is 16.3 Å². The van der Waals surface area contributed by atoms with Crippen molar-refractivity contribution >= 4 is 99.8 Å². The third-order valence-corrected chi connectivity index (χ3v) is 12.7. The second-order valence-electron chi connectivity index (χ2n) is 16.6. The summed E-state index contributed by atoms with van der Waals surface area (Å²) in [4.78, 5) is 4.73. The molecule has 0 saturated carbocycles. The van der Waals surface area contributed by atoms with Crippen LogP contribution in [0.15, 0.2) is 245 Å². The van der Waals surface area contributed by atoms with Gasteiger partial charge in [0.2, 0.25) is 0 Å². The van der Waals surface area contributed by atoms with E-state index in [0.29, 0.717) is 0 Å². The molecule has 306 valence electrons. The van der Waals surface area contributed by atoms with E-state index in [4.69, 9.17) is 8.83 Å². The molecular weight excluding hydrogens is 795 g/mol. The summed E-state index contributed by atoms with van der Waals surface area (Å²) in [6, 6.07) is 84.2. The molecule has 0 unspecified atom stereocenters. The summed E-state index contributed by atoms with van der Waals surface area (Å²) in [6.07, 6.45) is 0. The molecule has 0 amide bonds.